The molecular weight excluding hydrogens is 389 g/mol. The molecule has 1 heterocycles. The second-order valence-electron chi connectivity index (χ2n) is 7.96. The van der Waals surface area contributed by atoms with Crippen LogP contribution in [0.15, 0.2) is 58.8 Å². The first-order valence-corrected chi connectivity index (χ1v) is 9.31. The van der Waals surface area contributed by atoms with E-state index in [-0.39, 0.29) is 17.0 Å². The van der Waals surface area contributed by atoms with E-state index in [4.69, 9.17) is 0 Å². The van der Waals surface area contributed by atoms with Crippen LogP contribution in [0.1, 0.15) is 35.6 Å². The molecule has 0 saturated carbocycles. The van der Waals surface area contributed by atoms with Gasteiger partial charge in [0.1, 0.15) is 11.5 Å². The molecule has 4 rings (SSSR count). The van der Waals surface area contributed by atoms with Gasteiger partial charge in [0.2, 0.25) is 0 Å². The van der Waals surface area contributed by atoms with Crippen LogP contribution in [0, 0.1) is 21.3 Å². The van der Waals surface area contributed by atoms with Gasteiger partial charge in [-0.05, 0) is 54.7 Å². The van der Waals surface area contributed by atoms with Gasteiger partial charge in [-0.1, -0.05) is 13.8 Å². The summed E-state index contributed by atoms with van der Waals surface area (Å²) in [5.74, 6) is -0.781. The number of halogens is 1. The van der Waals surface area contributed by atoms with E-state index in [1.54, 1.807) is 0 Å². The van der Waals surface area contributed by atoms with Crippen LogP contribution in [0.4, 0.5) is 21.5 Å². The number of azo groups is 1. The number of fused-ring (bicyclic) bond motifs is 2. The van der Waals surface area contributed by atoms with Gasteiger partial charge in [-0.15, -0.1) is 5.11 Å². The summed E-state index contributed by atoms with van der Waals surface area (Å²) in [6, 6.07) is 11.0. The molecule has 9 heteroatoms. The Kier molecular flexibility index (Phi) is 4.73. The van der Waals surface area contributed by atoms with Crippen LogP contribution in [0.2, 0.25) is 0 Å². The predicted octanol–water partition coefficient (Wildman–Crippen LogP) is 5.16. The van der Waals surface area contributed by atoms with Crippen LogP contribution in [0.25, 0.3) is 0 Å². The minimum Gasteiger partial charge on any atom is -0.267 e. The average molecular weight is 407 g/mol. The summed E-state index contributed by atoms with van der Waals surface area (Å²) in [6.07, 6.45) is 1.19. The Morgan fingerprint density at radius 3 is 2.40 bits per heavy atom. The zero-order valence-corrected chi connectivity index (χ0v) is 16.4. The molecule has 1 aliphatic rings. The summed E-state index contributed by atoms with van der Waals surface area (Å²) >= 11 is 0. The number of carbonyl (C=O) groups excluding carboxylic acids is 1. The molecule has 30 heavy (non-hydrogen) atoms. The molecule has 2 aromatic carbocycles. The SMILES string of the molecule is CC1(C)Cc2nn(C(=O)c3ccc(F)cc3)c(c2N=Nc2ccc([N+](=O)[O-])cc2)C1. The zero-order chi connectivity index (χ0) is 21.5. The number of hydrogen-bond acceptors (Lipinski definition) is 6. The minimum atomic E-state index is -0.483. The van der Waals surface area contributed by atoms with Crippen molar-refractivity contribution in [1.82, 2.24) is 9.78 Å². The standard InChI is InChI=1S/C21H18FN5O3/c1-21(2)11-17-19(24-23-15-7-9-16(10-8-15)27(29)30)18(12-21)26(25-17)20(28)13-3-5-14(22)6-4-13/h3-10H,11-12H2,1-2H3. The van der Waals surface area contributed by atoms with Gasteiger partial charge in [0.05, 0.1) is 22.0 Å². The molecule has 0 N–H and O–H groups in total. The van der Waals surface area contributed by atoms with Gasteiger partial charge < -0.3 is 0 Å². The van der Waals surface area contributed by atoms with Gasteiger partial charge in [-0.25, -0.2) is 4.39 Å². The fourth-order valence-corrected chi connectivity index (χ4v) is 3.49. The first-order valence-electron chi connectivity index (χ1n) is 9.31. The van der Waals surface area contributed by atoms with Crippen molar-refractivity contribution in [3.05, 3.63) is 81.4 Å². The van der Waals surface area contributed by atoms with Gasteiger partial charge in [0, 0.05) is 17.7 Å². The number of nitrogens with zero attached hydrogens (tertiary/aromatic N) is 5. The van der Waals surface area contributed by atoms with Crippen LogP contribution < -0.4 is 0 Å². The van der Waals surface area contributed by atoms with Crippen LogP contribution >= 0.6 is 0 Å². The summed E-state index contributed by atoms with van der Waals surface area (Å²) in [5, 5.41) is 23.7. The molecule has 0 aliphatic heterocycles. The molecule has 1 aliphatic carbocycles. The Hall–Kier alpha value is -3.75. The number of aromatic nitrogens is 2. The quantitative estimate of drug-likeness (QED) is 0.338. The minimum absolute atomic E-state index is 0.0316. The summed E-state index contributed by atoms with van der Waals surface area (Å²) in [7, 11) is 0. The Morgan fingerprint density at radius 1 is 1.10 bits per heavy atom. The van der Waals surface area contributed by atoms with Crippen LogP contribution in [0.5, 0.6) is 0 Å². The number of benzene rings is 2. The number of rotatable bonds is 4. The third kappa shape index (κ3) is 3.73. The number of hydrogen-bond donors (Lipinski definition) is 0. The molecule has 152 valence electrons. The molecule has 2 bridgehead atoms. The molecule has 0 atom stereocenters. The largest absolute Gasteiger partial charge is 0.278 e. The van der Waals surface area contributed by atoms with E-state index in [1.807, 2.05) is 0 Å². The van der Waals surface area contributed by atoms with Crippen molar-refractivity contribution in [3.63, 3.8) is 0 Å². The van der Waals surface area contributed by atoms with E-state index in [2.05, 4.69) is 29.2 Å². The smallest absolute Gasteiger partial charge is 0.267 e. The Bertz CT molecular complexity index is 1160. The fraction of sp³-hybridized carbons (Fsp3) is 0.238. The molecule has 0 fully saturated rings. The normalized spacial score (nSPS) is 14.8. The highest BCUT2D eigenvalue weighted by Crippen LogP contribution is 2.41. The fourth-order valence-electron chi connectivity index (χ4n) is 3.49. The van der Waals surface area contributed by atoms with E-state index < -0.39 is 10.7 Å². The third-order valence-corrected chi connectivity index (χ3v) is 4.92. The maximum Gasteiger partial charge on any atom is 0.278 e. The van der Waals surface area contributed by atoms with Gasteiger partial charge in [-0.3, -0.25) is 14.9 Å². The second kappa shape index (κ2) is 7.25. The first kappa shape index (κ1) is 19.6. The Balaban J connectivity index is 1.70. The maximum atomic E-state index is 13.2. The summed E-state index contributed by atoms with van der Waals surface area (Å²) in [6.45, 7) is 4.16. The van der Waals surface area contributed by atoms with Crippen molar-refractivity contribution in [2.45, 2.75) is 26.7 Å². The predicted molar refractivity (Wildman–Crippen MR) is 107 cm³/mol. The Morgan fingerprint density at radius 2 is 1.77 bits per heavy atom. The zero-order valence-electron chi connectivity index (χ0n) is 16.4. The van der Waals surface area contributed by atoms with Crippen molar-refractivity contribution in [2.75, 3.05) is 0 Å². The number of carbonyl (C=O) groups is 1. The number of non-ortho nitro benzene ring substituents is 1. The highest BCUT2D eigenvalue weighted by molar-refractivity contribution is 5.96. The van der Waals surface area contributed by atoms with E-state index in [0.717, 1.165) is 0 Å². The van der Waals surface area contributed by atoms with Crippen LogP contribution in [-0.4, -0.2) is 20.6 Å². The highest BCUT2D eigenvalue weighted by Gasteiger charge is 2.35. The van der Waals surface area contributed by atoms with Crippen molar-refractivity contribution in [2.24, 2.45) is 15.6 Å². The van der Waals surface area contributed by atoms with E-state index in [9.17, 15) is 19.3 Å². The lowest BCUT2D eigenvalue weighted by molar-refractivity contribution is -0.384. The van der Waals surface area contributed by atoms with E-state index >= 15 is 0 Å². The van der Waals surface area contributed by atoms with Crippen molar-refractivity contribution in [1.29, 1.82) is 0 Å². The molecule has 3 aromatic rings. The van der Waals surface area contributed by atoms with Crippen LogP contribution in [-0.2, 0) is 12.8 Å². The molecule has 1 aromatic heterocycles. The topological polar surface area (TPSA) is 103 Å². The monoisotopic (exact) mass is 407 g/mol. The van der Waals surface area contributed by atoms with E-state index in [1.165, 1.54) is 53.2 Å². The van der Waals surface area contributed by atoms with Gasteiger partial charge >= 0.3 is 0 Å². The van der Waals surface area contributed by atoms with Crippen molar-refractivity contribution < 1.29 is 14.1 Å². The molecule has 0 unspecified atom stereocenters. The van der Waals surface area contributed by atoms with Gasteiger partial charge in [-0.2, -0.15) is 14.9 Å². The van der Waals surface area contributed by atoms with E-state index in [0.29, 0.717) is 41.2 Å². The molecule has 0 amide bonds. The van der Waals surface area contributed by atoms with Crippen molar-refractivity contribution >= 4 is 23.0 Å². The highest BCUT2D eigenvalue weighted by atomic mass is 19.1. The van der Waals surface area contributed by atoms with Gasteiger partial charge in [0.15, 0.2) is 0 Å². The lowest BCUT2D eigenvalue weighted by Gasteiger charge is -2.26. The lowest BCUT2D eigenvalue weighted by atomic mass is 9.79. The summed E-state index contributed by atoms with van der Waals surface area (Å²) < 4.78 is 14.5. The maximum absolute atomic E-state index is 13.2. The molecular formula is C21H18FN5O3. The Labute approximate surface area is 171 Å². The molecule has 8 nitrogen and oxygen atoms in total. The lowest BCUT2D eigenvalue weighted by Crippen LogP contribution is -2.23. The number of nitro groups is 1. The molecule has 0 spiro atoms. The summed E-state index contributed by atoms with van der Waals surface area (Å²) in [4.78, 5) is 23.3. The van der Waals surface area contributed by atoms with Gasteiger partial charge in [0.25, 0.3) is 11.6 Å². The van der Waals surface area contributed by atoms with Crippen molar-refractivity contribution in [3.8, 4) is 0 Å². The van der Waals surface area contributed by atoms with Crippen LogP contribution in [0.3, 0.4) is 0 Å². The number of nitro benzene ring substituents is 1. The summed E-state index contributed by atoms with van der Waals surface area (Å²) in [5.41, 5.74) is 2.47. The average Bonchev–Trinajstić information content (AvgIpc) is 2.93. The molecule has 0 saturated heterocycles. The third-order valence-electron chi connectivity index (χ3n) is 4.92. The first-order chi connectivity index (χ1) is 14.2. The second-order valence-corrected chi connectivity index (χ2v) is 7.96. The molecule has 0 radical (unpaired) electrons.